The van der Waals surface area contributed by atoms with E-state index in [0.717, 1.165) is 10.9 Å². The van der Waals surface area contributed by atoms with Crippen LogP contribution in [0.4, 0.5) is 4.39 Å². The SMILES string of the molecule is COc1ccc(F)cc1C(C)(C)CC(C)(O)Cc1[nH]c2ccccc2c1C#N. The number of rotatable bonds is 6. The Labute approximate surface area is 164 Å². The summed E-state index contributed by atoms with van der Waals surface area (Å²) in [6, 6.07) is 14.3. The van der Waals surface area contributed by atoms with Gasteiger partial charge in [-0.05, 0) is 43.0 Å². The minimum Gasteiger partial charge on any atom is -0.496 e. The molecule has 3 aromatic rings. The number of methoxy groups -OCH3 is 1. The fourth-order valence-electron chi connectivity index (χ4n) is 4.16. The lowest BCUT2D eigenvalue weighted by Gasteiger charge is -2.35. The number of halogens is 1. The van der Waals surface area contributed by atoms with E-state index >= 15 is 0 Å². The van der Waals surface area contributed by atoms with Crippen molar-refractivity contribution >= 4 is 10.9 Å². The van der Waals surface area contributed by atoms with E-state index in [1.165, 1.54) is 12.1 Å². The van der Waals surface area contributed by atoms with Crippen LogP contribution >= 0.6 is 0 Å². The number of H-pyrrole nitrogens is 1. The number of nitriles is 1. The molecule has 2 N–H and O–H groups in total. The maximum atomic E-state index is 13.9. The monoisotopic (exact) mass is 380 g/mol. The summed E-state index contributed by atoms with van der Waals surface area (Å²) in [5.74, 6) is 0.247. The zero-order chi connectivity index (χ0) is 20.5. The van der Waals surface area contributed by atoms with E-state index in [0.29, 0.717) is 29.0 Å². The molecule has 146 valence electrons. The van der Waals surface area contributed by atoms with Crippen molar-refractivity contribution in [3.8, 4) is 11.8 Å². The molecule has 0 saturated carbocycles. The number of aromatic amines is 1. The average Bonchev–Trinajstić information content (AvgIpc) is 2.96. The van der Waals surface area contributed by atoms with E-state index in [9.17, 15) is 14.8 Å². The van der Waals surface area contributed by atoms with Gasteiger partial charge < -0.3 is 14.8 Å². The zero-order valence-corrected chi connectivity index (χ0v) is 16.6. The normalized spacial score (nSPS) is 13.9. The number of benzene rings is 2. The molecule has 1 aromatic heterocycles. The Kier molecular flexibility index (Phi) is 5.18. The van der Waals surface area contributed by atoms with Gasteiger partial charge in [-0.1, -0.05) is 32.0 Å². The average molecular weight is 380 g/mol. The second-order valence-electron chi connectivity index (χ2n) is 8.21. The van der Waals surface area contributed by atoms with Gasteiger partial charge in [-0.25, -0.2) is 4.39 Å². The van der Waals surface area contributed by atoms with E-state index in [4.69, 9.17) is 4.74 Å². The molecule has 0 spiro atoms. The Hall–Kier alpha value is -2.84. The van der Waals surface area contributed by atoms with E-state index in [-0.39, 0.29) is 12.2 Å². The third kappa shape index (κ3) is 3.88. The first kappa shape index (κ1) is 19.9. The molecule has 1 heterocycles. The van der Waals surface area contributed by atoms with Gasteiger partial charge in [0.1, 0.15) is 17.6 Å². The lowest BCUT2D eigenvalue weighted by Crippen LogP contribution is -2.36. The van der Waals surface area contributed by atoms with E-state index in [1.54, 1.807) is 20.1 Å². The van der Waals surface area contributed by atoms with Crippen molar-refractivity contribution in [3.05, 3.63) is 65.1 Å². The molecule has 28 heavy (non-hydrogen) atoms. The zero-order valence-electron chi connectivity index (χ0n) is 16.6. The third-order valence-corrected chi connectivity index (χ3v) is 5.17. The molecule has 5 heteroatoms. The molecule has 2 aromatic carbocycles. The maximum Gasteiger partial charge on any atom is 0.123 e. The van der Waals surface area contributed by atoms with Gasteiger partial charge in [-0.2, -0.15) is 5.26 Å². The number of ether oxygens (including phenoxy) is 1. The Bertz CT molecular complexity index is 1040. The summed E-state index contributed by atoms with van der Waals surface area (Å²) in [5, 5.41) is 21.6. The molecule has 0 aliphatic carbocycles. The van der Waals surface area contributed by atoms with Gasteiger partial charge in [-0.15, -0.1) is 0 Å². The molecule has 3 rings (SSSR count). The number of hydrogen-bond acceptors (Lipinski definition) is 3. The number of fused-ring (bicyclic) bond motifs is 1. The molecular weight excluding hydrogens is 355 g/mol. The molecule has 0 radical (unpaired) electrons. The van der Waals surface area contributed by atoms with Crippen LogP contribution in [0.5, 0.6) is 5.75 Å². The van der Waals surface area contributed by atoms with Crippen LogP contribution < -0.4 is 4.74 Å². The third-order valence-electron chi connectivity index (χ3n) is 5.17. The van der Waals surface area contributed by atoms with Gasteiger partial charge in [0.15, 0.2) is 0 Å². The minimum absolute atomic E-state index is 0.283. The molecular formula is C23H25FN2O2. The Balaban J connectivity index is 1.92. The fourth-order valence-corrected chi connectivity index (χ4v) is 4.16. The number of nitrogens with zero attached hydrogens (tertiary/aromatic N) is 1. The smallest absolute Gasteiger partial charge is 0.123 e. The molecule has 1 atom stereocenters. The van der Waals surface area contributed by atoms with Crippen molar-refractivity contribution < 1.29 is 14.2 Å². The van der Waals surface area contributed by atoms with Crippen LogP contribution in [-0.4, -0.2) is 22.8 Å². The molecule has 1 unspecified atom stereocenters. The number of nitrogens with one attached hydrogen (secondary N) is 1. The van der Waals surface area contributed by atoms with Gasteiger partial charge in [0, 0.05) is 28.6 Å². The van der Waals surface area contributed by atoms with Crippen LogP contribution in [-0.2, 0) is 11.8 Å². The molecule has 0 bridgehead atoms. The lowest BCUT2D eigenvalue weighted by molar-refractivity contribution is 0.0304. The largest absolute Gasteiger partial charge is 0.496 e. The van der Waals surface area contributed by atoms with Crippen molar-refractivity contribution in [1.82, 2.24) is 4.98 Å². The maximum absolute atomic E-state index is 13.9. The van der Waals surface area contributed by atoms with Crippen molar-refractivity contribution in [1.29, 1.82) is 5.26 Å². The topological polar surface area (TPSA) is 69.0 Å². The Morgan fingerprint density at radius 3 is 2.57 bits per heavy atom. The van der Waals surface area contributed by atoms with E-state index in [1.807, 2.05) is 38.1 Å². The van der Waals surface area contributed by atoms with Gasteiger partial charge >= 0.3 is 0 Å². The second kappa shape index (κ2) is 7.29. The van der Waals surface area contributed by atoms with Gasteiger partial charge in [0.2, 0.25) is 0 Å². The summed E-state index contributed by atoms with van der Waals surface area (Å²) < 4.78 is 19.2. The highest BCUT2D eigenvalue weighted by atomic mass is 19.1. The van der Waals surface area contributed by atoms with Crippen molar-refractivity contribution in [3.63, 3.8) is 0 Å². The lowest BCUT2D eigenvalue weighted by atomic mass is 9.74. The summed E-state index contributed by atoms with van der Waals surface area (Å²) in [6.07, 6.45) is 0.645. The molecule has 0 fully saturated rings. The second-order valence-corrected chi connectivity index (χ2v) is 8.21. The summed E-state index contributed by atoms with van der Waals surface area (Å²) in [7, 11) is 1.55. The Morgan fingerprint density at radius 2 is 1.89 bits per heavy atom. The molecule has 0 aliphatic heterocycles. The first-order chi connectivity index (χ1) is 13.2. The van der Waals surface area contributed by atoms with Crippen molar-refractivity contribution in [2.75, 3.05) is 7.11 Å². The summed E-state index contributed by atoms with van der Waals surface area (Å²) >= 11 is 0. The summed E-state index contributed by atoms with van der Waals surface area (Å²) in [5.41, 5.74) is 1.17. The quantitative estimate of drug-likeness (QED) is 0.642. The first-order valence-electron chi connectivity index (χ1n) is 9.23. The summed E-state index contributed by atoms with van der Waals surface area (Å²) in [4.78, 5) is 3.26. The van der Waals surface area contributed by atoms with Crippen molar-refractivity contribution in [2.24, 2.45) is 0 Å². The van der Waals surface area contributed by atoms with Crippen molar-refractivity contribution in [2.45, 2.75) is 44.6 Å². The number of aliphatic hydroxyl groups is 1. The van der Waals surface area contributed by atoms with Crippen LogP contribution in [0.25, 0.3) is 10.9 Å². The molecule has 0 amide bonds. The molecule has 0 saturated heterocycles. The fraction of sp³-hybridized carbons (Fsp3) is 0.348. The number of para-hydroxylation sites is 1. The van der Waals surface area contributed by atoms with Crippen LogP contribution in [0.3, 0.4) is 0 Å². The first-order valence-corrected chi connectivity index (χ1v) is 9.23. The van der Waals surface area contributed by atoms with E-state index in [2.05, 4.69) is 11.1 Å². The summed E-state index contributed by atoms with van der Waals surface area (Å²) in [6.45, 7) is 5.65. The van der Waals surface area contributed by atoms with Crippen LogP contribution in [0.15, 0.2) is 42.5 Å². The van der Waals surface area contributed by atoms with Gasteiger partial charge in [-0.3, -0.25) is 0 Å². The number of aromatic nitrogens is 1. The van der Waals surface area contributed by atoms with E-state index < -0.39 is 11.0 Å². The van der Waals surface area contributed by atoms with Crippen LogP contribution in [0.1, 0.15) is 44.0 Å². The predicted octanol–water partition coefficient (Wildman–Crippen LogP) is 4.85. The highest BCUT2D eigenvalue weighted by Crippen LogP contribution is 2.39. The number of hydrogen-bond donors (Lipinski definition) is 2. The van der Waals surface area contributed by atoms with Crippen LogP contribution in [0.2, 0.25) is 0 Å². The molecule has 0 aliphatic rings. The Morgan fingerprint density at radius 1 is 1.18 bits per heavy atom. The highest BCUT2D eigenvalue weighted by molar-refractivity contribution is 5.87. The van der Waals surface area contributed by atoms with Gasteiger partial charge in [0.05, 0.1) is 18.3 Å². The van der Waals surface area contributed by atoms with Crippen LogP contribution in [0, 0.1) is 17.1 Å². The molecule has 4 nitrogen and oxygen atoms in total. The standard InChI is InChI=1S/C23H25FN2O2/c1-22(2,18-11-15(24)9-10-21(18)28-4)14-23(3,27)12-20-17(13-25)16-7-5-6-8-19(16)26-20/h5-11,26-27H,12,14H2,1-4H3. The highest BCUT2D eigenvalue weighted by Gasteiger charge is 2.35. The minimum atomic E-state index is -1.12. The predicted molar refractivity (Wildman–Crippen MR) is 108 cm³/mol. The van der Waals surface area contributed by atoms with Gasteiger partial charge in [0.25, 0.3) is 0 Å².